The summed E-state index contributed by atoms with van der Waals surface area (Å²) in [6.07, 6.45) is 0.488. The Labute approximate surface area is 138 Å². The zero-order valence-electron chi connectivity index (χ0n) is 11.2. The van der Waals surface area contributed by atoms with Crippen LogP contribution in [0.5, 0.6) is 0 Å². The van der Waals surface area contributed by atoms with Crippen LogP contribution in [0.1, 0.15) is 20.3 Å². The number of hydrogen-bond acceptors (Lipinski definition) is 3. The second-order valence-corrected chi connectivity index (χ2v) is 7.42. The predicted octanol–water partition coefficient (Wildman–Crippen LogP) is 3.42. The van der Waals surface area contributed by atoms with Gasteiger partial charge in [-0.15, -0.1) is 0 Å². The number of sulfonamides is 1. The molecule has 1 aromatic carbocycles. The Morgan fingerprint density at radius 3 is 2.14 bits per heavy atom. The summed E-state index contributed by atoms with van der Waals surface area (Å²) in [5.74, 6) is -1.67. The maximum Gasteiger partial charge on any atom is 0.322 e. The van der Waals surface area contributed by atoms with Crippen molar-refractivity contribution < 1.29 is 18.3 Å². The molecule has 0 amide bonds. The van der Waals surface area contributed by atoms with Crippen LogP contribution < -0.4 is 4.72 Å². The average molecular weight is 375 g/mol. The van der Waals surface area contributed by atoms with Crippen molar-refractivity contribution in [2.75, 3.05) is 0 Å². The van der Waals surface area contributed by atoms with Gasteiger partial charge in [0.05, 0.1) is 10.0 Å². The molecule has 0 aliphatic heterocycles. The molecule has 1 aromatic rings. The Hall–Kier alpha value is -0.530. The number of nitrogens with one attached hydrogen (secondary N) is 1. The number of halogens is 3. The third-order valence-electron chi connectivity index (χ3n) is 2.99. The van der Waals surface area contributed by atoms with Gasteiger partial charge in [0, 0.05) is 5.02 Å². The standard InChI is InChI=1S/C12H14Cl3NO4S/c1-3-6(2)10(12(17)18)16-21(19,20)11-8(14)4-7(13)5-9(11)15/h4-6,10,16H,3H2,1-2H3,(H,17,18)/t6-,10-/m0/s1. The van der Waals surface area contributed by atoms with E-state index < -0.39 is 28.0 Å². The van der Waals surface area contributed by atoms with Gasteiger partial charge >= 0.3 is 5.97 Å². The van der Waals surface area contributed by atoms with Crippen LogP contribution >= 0.6 is 34.8 Å². The Bertz CT molecular complexity index is 625. The summed E-state index contributed by atoms with van der Waals surface area (Å²) in [6, 6.07) is 1.17. The molecular formula is C12H14Cl3NO4S. The minimum Gasteiger partial charge on any atom is -0.480 e. The van der Waals surface area contributed by atoms with Crippen molar-refractivity contribution in [2.24, 2.45) is 5.92 Å². The zero-order valence-corrected chi connectivity index (χ0v) is 14.3. The molecule has 0 bridgehead atoms. The molecule has 0 spiro atoms. The Morgan fingerprint density at radius 2 is 1.76 bits per heavy atom. The van der Waals surface area contributed by atoms with Crippen LogP contribution in [0.25, 0.3) is 0 Å². The van der Waals surface area contributed by atoms with Crippen molar-refractivity contribution >= 4 is 50.8 Å². The molecule has 0 heterocycles. The molecule has 0 saturated carbocycles. The lowest BCUT2D eigenvalue weighted by Gasteiger charge is -2.20. The van der Waals surface area contributed by atoms with E-state index in [1.807, 2.05) is 0 Å². The van der Waals surface area contributed by atoms with Crippen molar-refractivity contribution in [3.63, 3.8) is 0 Å². The molecule has 0 fully saturated rings. The second-order valence-electron chi connectivity index (χ2n) is 4.52. The van der Waals surface area contributed by atoms with Crippen molar-refractivity contribution in [2.45, 2.75) is 31.2 Å². The maximum absolute atomic E-state index is 12.3. The molecule has 0 aromatic heterocycles. The molecule has 0 radical (unpaired) electrons. The van der Waals surface area contributed by atoms with Crippen LogP contribution in [0.15, 0.2) is 17.0 Å². The quantitative estimate of drug-likeness (QED) is 0.799. The number of rotatable bonds is 6. The number of aliphatic carboxylic acids is 1. The smallest absolute Gasteiger partial charge is 0.322 e. The summed E-state index contributed by atoms with van der Waals surface area (Å²) in [4.78, 5) is 10.8. The van der Waals surface area contributed by atoms with Crippen LogP contribution in [-0.2, 0) is 14.8 Å². The highest BCUT2D eigenvalue weighted by Gasteiger charge is 2.31. The summed E-state index contributed by atoms with van der Waals surface area (Å²) in [5, 5.41) is 8.99. The molecule has 9 heteroatoms. The monoisotopic (exact) mass is 373 g/mol. The van der Waals surface area contributed by atoms with Crippen LogP contribution in [0.3, 0.4) is 0 Å². The van der Waals surface area contributed by atoms with E-state index in [2.05, 4.69) is 4.72 Å². The molecule has 2 N–H and O–H groups in total. The second kappa shape index (κ2) is 7.15. The van der Waals surface area contributed by atoms with E-state index in [4.69, 9.17) is 39.9 Å². The van der Waals surface area contributed by atoms with Gasteiger partial charge < -0.3 is 5.11 Å². The lowest BCUT2D eigenvalue weighted by atomic mass is 10.0. The molecule has 0 unspecified atom stereocenters. The van der Waals surface area contributed by atoms with Gasteiger partial charge in [-0.05, 0) is 18.1 Å². The molecule has 5 nitrogen and oxygen atoms in total. The van der Waals surface area contributed by atoms with E-state index in [1.165, 1.54) is 12.1 Å². The van der Waals surface area contributed by atoms with Gasteiger partial charge in [-0.3, -0.25) is 4.79 Å². The maximum atomic E-state index is 12.3. The fraction of sp³-hybridized carbons (Fsp3) is 0.417. The van der Waals surface area contributed by atoms with E-state index in [0.717, 1.165) is 0 Å². The first-order valence-electron chi connectivity index (χ1n) is 5.99. The topological polar surface area (TPSA) is 83.5 Å². The highest BCUT2D eigenvalue weighted by atomic mass is 35.5. The largest absolute Gasteiger partial charge is 0.480 e. The third kappa shape index (κ3) is 4.47. The minimum absolute atomic E-state index is 0.173. The number of hydrogen-bond donors (Lipinski definition) is 2. The lowest BCUT2D eigenvalue weighted by molar-refractivity contribution is -0.140. The van der Waals surface area contributed by atoms with Crippen LogP contribution in [0.2, 0.25) is 15.1 Å². The van der Waals surface area contributed by atoms with Crippen LogP contribution in [0, 0.1) is 5.92 Å². The summed E-state index contributed by atoms with van der Waals surface area (Å²) in [5.41, 5.74) is 0. The van der Waals surface area contributed by atoms with E-state index in [1.54, 1.807) is 13.8 Å². The predicted molar refractivity (Wildman–Crippen MR) is 82.7 cm³/mol. The summed E-state index contributed by atoms with van der Waals surface area (Å²) in [6.45, 7) is 3.39. The molecule has 0 saturated heterocycles. The number of carboxylic acid groups (broad SMARTS) is 1. The summed E-state index contributed by atoms with van der Waals surface area (Å²) >= 11 is 17.4. The summed E-state index contributed by atoms with van der Waals surface area (Å²) in [7, 11) is -4.19. The number of carbonyl (C=O) groups is 1. The van der Waals surface area contributed by atoms with Crippen molar-refractivity contribution in [1.82, 2.24) is 4.72 Å². The molecular weight excluding hydrogens is 361 g/mol. The molecule has 0 aliphatic rings. The Morgan fingerprint density at radius 1 is 1.29 bits per heavy atom. The van der Waals surface area contributed by atoms with E-state index >= 15 is 0 Å². The first kappa shape index (κ1) is 18.5. The fourth-order valence-electron chi connectivity index (χ4n) is 1.66. The molecule has 0 aliphatic carbocycles. The van der Waals surface area contributed by atoms with Crippen LogP contribution in [-0.4, -0.2) is 25.5 Å². The molecule has 118 valence electrons. The highest BCUT2D eigenvalue weighted by Crippen LogP contribution is 2.33. The van der Waals surface area contributed by atoms with E-state index in [-0.39, 0.29) is 20.0 Å². The molecule has 21 heavy (non-hydrogen) atoms. The molecule has 2 atom stereocenters. The van der Waals surface area contributed by atoms with Gasteiger partial charge in [-0.2, -0.15) is 4.72 Å². The first-order valence-corrected chi connectivity index (χ1v) is 8.61. The van der Waals surface area contributed by atoms with Crippen molar-refractivity contribution in [3.8, 4) is 0 Å². The first-order chi connectivity index (χ1) is 9.60. The lowest BCUT2D eigenvalue weighted by Crippen LogP contribution is -2.45. The van der Waals surface area contributed by atoms with Gasteiger partial charge in [0.25, 0.3) is 0 Å². The summed E-state index contributed by atoms with van der Waals surface area (Å²) < 4.78 is 26.8. The molecule has 1 rings (SSSR count). The zero-order chi connectivity index (χ0) is 16.4. The number of benzene rings is 1. The normalized spacial score (nSPS) is 14.7. The van der Waals surface area contributed by atoms with Gasteiger partial charge in [0.2, 0.25) is 10.0 Å². The Balaban J connectivity index is 3.26. The SMILES string of the molecule is CC[C@H](C)[C@H](NS(=O)(=O)c1c(Cl)cc(Cl)cc1Cl)C(=O)O. The third-order valence-corrected chi connectivity index (χ3v) is 5.57. The average Bonchev–Trinajstić information content (AvgIpc) is 2.33. The number of carboxylic acids is 1. The van der Waals surface area contributed by atoms with Gasteiger partial charge in [0.1, 0.15) is 10.9 Å². The van der Waals surface area contributed by atoms with Crippen LogP contribution in [0.4, 0.5) is 0 Å². The van der Waals surface area contributed by atoms with Gasteiger partial charge in [-0.25, -0.2) is 8.42 Å². The van der Waals surface area contributed by atoms with Crippen molar-refractivity contribution in [1.29, 1.82) is 0 Å². The van der Waals surface area contributed by atoms with E-state index in [9.17, 15) is 13.2 Å². The fourth-order valence-corrected chi connectivity index (χ4v) is 4.50. The minimum atomic E-state index is -4.19. The van der Waals surface area contributed by atoms with Gasteiger partial charge in [0.15, 0.2) is 0 Å². The van der Waals surface area contributed by atoms with Gasteiger partial charge in [-0.1, -0.05) is 55.1 Å². The van der Waals surface area contributed by atoms with Crippen molar-refractivity contribution in [3.05, 3.63) is 27.2 Å². The van der Waals surface area contributed by atoms with E-state index in [0.29, 0.717) is 6.42 Å². The highest BCUT2D eigenvalue weighted by molar-refractivity contribution is 7.89. The Kier molecular flexibility index (Phi) is 6.31.